The number of ether oxygens (including phenoxy) is 2. The van der Waals surface area contributed by atoms with Gasteiger partial charge in [-0.2, -0.15) is 0 Å². The first-order valence-corrected chi connectivity index (χ1v) is 6.51. The minimum Gasteiger partial charge on any atom is -0.382 e. The molecule has 0 spiro atoms. The van der Waals surface area contributed by atoms with Gasteiger partial charge < -0.3 is 15.2 Å². The maximum absolute atomic E-state index is 5.64. The molecular formula is C12H19N3O2S. The van der Waals surface area contributed by atoms with Crippen LogP contribution in [0.1, 0.15) is 12.6 Å². The molecule has 0 bridgehead atoms. The SMILES string of the molecule is C/C=C(\C(COCCOC)=NC)c1csc(N)n1. The lowest BCUT2D eigenvalue weighted by atomic mass is 10.1. The lowest BCUT2D eigenvalue weighted by molar-refractivity contribution is 0.0904. The molecule has 0 unspecified atom stereocenters. The summed E-state index contributed by atoms with van der Waals surface area (Å²) in [4.78, 5) is 8.51. The molecule has 1 rings (SSSR count). The number of nitrogens with two attached hydrogens (primary N) is 1. The van der Waals surface area contributed by atoms with E-state index in [-0.39, 0.29) is 0 Å². The van der Waals surface area contributed by atoms with Gasteiger partial charge >= 0.3 is 0 Å². The molecule has 0 saturated heterocycles. The van der Waals surface area contributed by atoms with E-state index in [9.17, 15) is 0 Å². The van der Waals surface area contributed by atoms with Gasteiger partial charge in [0.25, 0.3) is 0 Å². The summed E-state index contributed by atoms with van der Waals surface area (Å²) in [5.41, 5.74) is 8.31. The fraction of sp³-hybridized carbons (Fsp3) is 0.500. The highest BCUT2D eigenvalue weighted by molar-refractivity contribution is 7.13. The predicted molar refractivity (Wildman–Crippen MR) is 76.2 cm³/mol. The number of allylic oxidation sites excluding steroid dienone is 1. The fourth-order valence-electron chi connectivity index (χ4n) is 1.45. The first-order valence-electron chi connectivity index (χ1n) is 5.63. The smallest absolute Gasteiger partial charge is 0.180 e. The van der Waals surface area contributed by atoms with E-state index in [2.05, 4.69) is 9.98 Å². The highest BCUT2D eigenvalue weighted by Crippen LogP contribution is 2.20. The van der Waals surface area contributed by atoms with Crippen molar-refractivity contribution in [3.05, 3.63) is 17.2 Å². The maximum Gasteiger partial charge on any atom is 0.180 e. The molecule has 0 aromatic carbocycles. The van der Waals surface area contributed by atoms with Gasteiger partial charge in [0.05, 0.1) is 31.2 Å². The molecule has 18 heavy (non-hydrogen) atoms. The lowest BCUT2D eigenvalue weighted by Gasteiger charge is -2.09. The average molecular weight is 269 g/mol. The Labute approximate surface area is 111 Å². The van der Waals surface area contributed by atoms with Gasteiger partial charge in [-0.1, -0.05) is 6.08 Å². The molecule has 0 fully saturated rings. The second-order valence-electron chi connectivity index (χ2n) is 3.49. The van der Waals surface area contributed by atoms with E-state index >= 15 is 0 Å². The molecule has 1 aromatic heterocycles. The minimum atomic E-state index is 0.441. The molecule has 6 heteroatoms. The van der Waals surface area contributed by atoms with Crippen molar-refractivity contribution in [2.45, 2.75) is 6.92 Å². The van der Waals surface area contributed by atoms with Crippen LogP contribution < -0.4 is 5.73 Å². The van der Waals surface area contributed by atoms with Gasteiger partial charge in [-0.3, -0.25) is 4.99 Å². The van der Waals surface area contributed by atoms with Crippen molar-refractivity contribution in [1.82, 2.24) is 4.98 Å². The highest BCUT2D eigenvalue weighted by atomic mass is 32.1. The standard InChI is InChI=1S/C12H19N3O2S/c1-4-9(11-8-18-12(13)15-11)10(14-2)7-17-6-5-16-3/h4,8H,5-7H2,1-3H3,(H2,13,15)/b9-4+,14-10?. The molecule has 0 amide bonds. The number of nitrogen functional groups attached to an aromatic ring is 1. The molecule has 1 heterocycles. The number of aromatic nitrogens is 1. The monoisotopic (exact) mass is 269 g/mol. The summed E-state index contributed by atoms with van der Waals surface area (Å²) in [6.45, 7) is 3.51. The number of methoxy groups -OCH3 is 1. The Morgan fingerprint density at radius 2 is 2.33 bits per heavy atom. The van der Waals surface area contributed by atoms with Crippen LogP contribution in [0.15, 0.2) is 16.4 Å². The quantitative estimate of drug-likeness (QED) is 0.606. The summed E-state index contributed by atoms with van der Waals surface area (Å²) < 4.78 is 10.4. The highest BCUT2D eigenvalue weighted by Gasteiger charge is 2.11. The van der Waals surface area contributed by atoms with E-state index < -0.39 is 0 Å². The minimum absolute atomic E-state index is 0.441. The Kier molecular flexibility index (Phi) is 6.56. The van der Waals surface area contributed by atoms with Crippen LogP contribution in [-0.2, 0) is 9.47 Å². The Morgan fingerprint density at radius 3 is 2.83 bits per heavy atom. The van der Waals surface area contributed by atoms with Gasteiger partial charge in [0.15, 0.2) is 5.13 Å². The largest absolute Gasteiger partial charge is 0.382 e. The summed E-state index contributed by atoms with van der Waals surface area (Å²) in [5.74, 6) is 0. The van der Waals surface area contributed by atoms with Gasteiger partial charge in [-0.05, 0) is 6.92 Å². The molecule has 5 nitrogen and oxygen atoms in total. The second kappa shape index (κ2) is 7.97. The predicted octanol–water partition coefficient (Wildman–Crippen LogP) is 1.86. The molecule has 0 radical (unpaired) electrons. The molecule has 100 valence electrons. The van der Waals surface area contributed by atoms with Gasteiger partial charge in [0, 0.05) is 25.1 Å². The Bertz CT molecular complexity index is 427. The number of rotatable bonds is 7. The third kappa shape index (κ3) is 4.21. The van der Waals surface area contributed by atoms with Crippen LogP contribution in [0.4, 0.5) is 5.13 Å². The lowest BCUT2D eigenvalue weighted by Crippen LogP contribution is -2.14. The van der Waals surface area contributed by atoms with Gasteiger partial charge in [0.2, 0.25) is 0 Å². The Balaban J connectivity index is 2.68. The van der Waals surface area contributed by atoms with Crippen molar-refractivity contribution < 1.29 is 9.47 Å². The molecule has 0 aliphatic carbocycles. The van der Waals surface area contributed by atoms with E-state index in [4.69, 9.17) is 15.2 Å². The van der Waals surface area contributed by atoms with Crippen LogP contribution in [0.3, 0.4) is 0 Å². The van der Waals surface area contributed by atoms with Crippen molar-refractivity contribution >= 4 is 27.8 Å². The number of anilines is 1. The molecule has 0 aliphatic heterocycles. The number of thiazole rings is 1. The van der Waals surface area contributed by atoms with Crippen LogP contribution in [0.5, 0.6) is 0 Å². The van der Waals surface area contributed by atoms with Crippen molar-refractivity contribution in [1.29, 1.82) is 0 Å². The first kappa shape index (κ1) is 14.8. The van der Waals surface area contributed by atoms with Crippen LogP contribution >= 0.6 is 11.3 Å². The van der Waals surface area contributed by atoms with E-state index in [1.807, 2.05) is 18.4 Å². The number of hydrogen-bond donors (Lipinski definition) is 1. The van der Waals surface area contributed by atoms with Crippen molar-refractivity contribution in [2.75, 3.05) is 39.7 Å². The van der Waals surface area contributed by atoms with Crippen LogP contribution in [0.2, 0.25) is 0 Å². The van der Waals surface area contributed by atoms with Gasteiger partial charge in [-0.15, -0.1) is 11.3 Å². The molecule has 0 saturated carbocycles. The zero-order chi connectivity index (χ0) is 13.4. The molecule has 0 atom stereocenters. The van der Waals surface area contributed by atoms with E-state index in [0.29, 0.717) is 25.0 Å². The van der Waals surface area contributed by atoms with Crippen molar-refractivity contribution in [3.8, 4) is 0 Å². The van der Waals surface area contributed by atoms with E-state index in [0.717, 1.165) is 17.0 Å². The summed E-state index contributed by atoms with van der Waals surface area (Å²) in [5, 5.41) is 2.48. The fourth-order valence-corrected chi connectivity index (χ4v) is 2.01. The zero-order valence-corrected chi connectivity index (χ0v) is 11.8. The molecule has 0 aliphatic rings. The van der Waals surface area contributed by atoms with Gasteiger partial charge in [0.1, 0.15) is 0 Å². The third-order valence-electron chi connectivity index (χ3n) is 2.34. The molecule has 1 aromatic rings. The van der Waals surface area contributed by atoms with E-state index in [1.165, 1.54) is 11.3 Å². The summed E-state index contributed by atoms with van der Waals surface area (Å²) in [6, 6.07) is 0. The first-order chi connectivity index (χ1) is 8.72. The Hall–Kier alpha value is -1.24. The number of nitrogens with zero attached hydrogens (tertiary/aromatic N) is 2. The van der Waals surface area contributed by atoms with Crippen molar-refractivity contribution in [2.24, 2.45) is 4.99 Å². The van der Waals surface area contributed by atoms with Gasteiger partial charge in [-0.25, -0.2) is 4.98 Å². The molecular weight excluding hydrogens is 250 g/mol. The van der Waals surface area contributed by atoms with Crippen LogP contribution in [-0.4, -0.2) is 44.7 Å². The molecule has 2 N–H and O–H groups in total. The average Bonchev–Trinajstić information content (AvgIpc) is 2.79. The summed E-state index contributed by atoms with van der Waals surface area (Å²) in [7, 11) is 3.39. The maximum atomic E-state index is 5.64. The second-order valence-corrected chi connectivity index (χ2v) is 4.38. The zero-order valence-electron chi connectivity index (χ0n) is 11.0. The third-order valence-corrected chi connectivity index (χ3v) is 3.01. The topological polar surface area (TPSA) is 69.7 Å². The van der Waals surface area contributed by atoms with Crippen LogP contribution in [0.25, 0.3) is 5.57 Å². The Morgan fingerprint density at radius 1 is 1.56 bits per heavy atom. The number of aliphatic imine (C=N–C) groups is 1. The summed E-state index contributed by atoms with van der Waals surface area (Å²) in [6.07, 6.45) is 1.97. The van der Waals surface area contributed by atoms with Crippen LogP contribution in [0, 0.1) is 0 Å². The van der Waals surface area contributed by atoms with E-state index in [1.54, 1.807) is 14.2 Å². The summed E-state index contributed by atoms with van der Waals surface area (Å²) >= 11 is 1.42. The normalized spacial score (nSPS) is 13.1. The van der Waals surface area contributed by atoms with Crippen molar-refractivity contribution in [3.63, 3.8) is 0 Å². The number of hydrogen-bond acceptors (Lipinski definition) is 6.